The van der Waals surface area contributed by atoms with Crippen LogP contribution in [0.4, 0.5) is 5.69 Å². The van der Waals surface area contributed by atoms with E-state index in [0.29, 0.717) is 24.2 Å². The fourth-order valence-electron chi connectivity index (χ4n) is 3.67. The molecular weight excluding hydrogens is 434 g/mol. The molecular formula is C25H37N5O4. The number of carbonyl (C=O) groups is 4. The summed E-state index contributed by atoms with van der Waals surface area (Å²) >= 11 is 0. The summed E-state index contributed by atoms with van der Waals surface area (Å²) in [6, 6.07) is 5.09. The fraction of sp³-hybridized carbons (Fsp3) is 0.520. The molecule has 1 heterocycles. The molecule has 0 radical (unpaired) electrons. The van der Waals surface area contributed by atoms with E-state index in [9.17, 15) is 19.2 Å². The molecule has 1 fully saturated rings. The van der Waals surface area contributed by atoms with Gasteiger partial charge in [-0.1, -0.05) is 39.5 Å². The maximum absolute atomic E-state index is 13.8. The van der Waals surface area contributed by atoms with Crippen LogP contribution < -0.4 is 21.3 Å². The summed E-state index contributed by atoms with van der Waals surface area (Å²) in [5.41, 5.74) is 0.565. The van der Waals surface area contributed by atoms with E-state index in [1.807, 2.05) is 20.8 Å². The van der Waals surface area contributed by atoms with Crippen molar-refractivity contribution < 1.29 is 19.2 Å². The van der Waals surface area contributed by atoms with Crippen molar-refractivity contribution in [1.29, 1.82) is 0 Å². The lowest BCUT2D eigenvalue weighted by molar-refractivity contribution is -0.151. The highest BCUT2D eigenvalue weighted by Crippen LogP contribution is 2.24. The lowest BCUT2D eigenvalue weighted by Crippen LogP contribution is -2.59. The van der Waals surface area contributed by atoms with Gasteiger partial charge in [0.15, 0.2) is 0 Å². The molecule has 1 aliphatic heterocycles. The molecule has 9 heteroatoms. The van der Waals surface area contributed by atoms with E-state index in [4.69, 9.17) is 0 Å². The quantitative estimate of drug-likeness (QED) is 0.406. The van der Waals surface area contributed by atoms with Crippen LogP contribution in [-0.4, -0.2) is 60.2 Å². The highest BCUT2D eigenvalue weighted by Gasteiger charge is 2.40. The minimum absolute atomic E-state index is 0.0116. The number of amides is 4. The number of likely N-dealkylation sites (N-methyl/N-ethyl adjacent to an activating group) is 1. The van der Waals surface area contributed by atoms with Crippen LogP contribution in [0, 0.1) is 5.41 Å². The molecule has 1 saturated heterocycles. The van der Waals surface area contributed by atoms with Crippen LogP contribution in [-0.2, 0) is 25.7 Å². The summed E-state index contributed by atoms with van der Waals surface area (Å²) in [4.78, 5) is 52.8. The molecule has 0 aromatic heterocycles. The predicted octanol–water partition coefficient (Wildman–Crippen LogP) is 1.56. The van der Waals surface area contributed by atoms with Gasteiger partial charge in [0.05, 0.1) is 18.6 Å². The molecule has 4 amide bonds. The Hall–Kier alpha value is -3.04. The Bertz CT molecular complexity index is 918. The van der Waals surface area contributed by atoms with E-state index in [2.05, 4.69) is 27.8 Å². The normalized spacial score (nSPS) is 17.4. The van der Waals surface area contributed by atoms with E-state index < -0.39 is 29.4 Å². The number of carbonyl (C=O) groups excluding carboxylic acids is 4. The zero-order chi connectivity index (χ0) is 25.5. The molecule has 0 unspecified atom stereocenters. The van der Waals surface area contributed by atoms with Crippen molar-refractivity contribution in [3.63, 3.8) is 0 Å². The molecule has 1 aromatic rings. The Morgan fingerprint density at radius 1 is 1.26 bits per heavy atom. The van der Waals surface area contributed by atoms with Crippen LogP contribution in [0.5, 0.6) is 0 Å². The van der Waals surface area contributed by atoms with Crippen molar-refractivity contribution in [2.24, 2.45) is 5.41 Å². The van der Waals surface area contributed by atoms with Gasteiger partial charge >= 0.3 is 0 Å². The number of hydrogen-bond donors (Lipinski definition) is 4. The topological polar surface area (TPSA) is 120 Å². The lowest BCUT2D eigenvalue weighted by atomic mass is 9.85. The van der Waals surface area contributed by atoms with E-state index in [1.54, 1.807) is 38.2 Å². The molecule has 1 aliphatic rings. The van der Waals surface area contributed by atoms with Crippen LogP contribution in [0.3, 0.4) is 0 Å². The SMILES string of the molecule is C=CC(=O)Nc1cccc(CN(C(=O)[C@@H]2CCCN2)C(=O)[C@@H](NC(=O)[C@H](C)NC)C(C)(C)C)c1. The van der Waals surface area contributed by atoms with Gasteiger partial charge in [-0.2, -0.15) is 0 Å². The third kappa shape index (κ3) is 7.23. The van der Waals surface area contributed by atoms with Gasteiger partial charge in [-0.05, 0) is 62.5 Å². The van der Waals surface area contributed by atoms with Gasteiger partial charge in [-0.25, -0.2) is 0 Å². The summed E-state index contributed by atoms with van der Waals surface area (Å²) in [6.45, 7) is 11.4. The maximum atomic E-state index is 13.8. The van der Waals surface area contributed by atoms with Gasteiger partial charge in [-0.15, -0.1) is 0 Å². The first-order chi connectivity index (χ1) is 16.0. The molecule has 0 spiro atoms. The predicted molar refractivity (Wildman–Crippen MR) is 132 cm³/mol. The molecule has 0 aliphatic carbocycles. The smallest absolute Gasteiger partial charge is 0.252 e. The van der Waals surface area contributed by atoms with Crippen molar-refractivity contribution in [3.8, 4) is 0 Å². The number of rotatable bonds is 9. The second-order valence-corrected chi connectivity index (χ2v) is 9.62. The number of anilines is 1. The maximum Gasteiger partial charge on any atom is 0.252 e. The summed E-state index contributed by atoms with van der Waals surface area (Å²) in [5.74, 6) is -1.47. The van der Waals surface area contributed by atoms with Gasteiger partial charge in [0.2, 0.25) is 17.7 Å². The average Bonchev–Trinajstić information content (AvgIpc) is 3.33. The number of nitrogens with zero attached hydrogens (tertiary/aromatic N) is 1. The van der Waals surface area contributed by atoms with Gasteiger partial charge in [0.25, 0.3) is 5.91 Å². The largest absolute Gasteiger partial charge is 0.342 e. The van der Waals surface area contributed by atoms with Crippen molar-refractivity contribution in [3.05, 3.63) is 42.5 Å². The zero-order valence-corrected chi connectivity index (χ0v) is 20.7. The Morgan fingerprint density at radius 2 is 1.97 bits per heavy atom. The first kappa shape index (κ1) is 27.2. The van der Waals surface area contributed by atoms with Gasteiger partial charge < -0.3 is 21.3 Å². The monoisotopic (exact) mass is 471 g/mol. The van der Waals surface area contributed by atoms with Gasteiger partial charge in [-0.3, -0.25) is 24.1 Å². The third-order valence-corrected chi connectivity index (χ3v) is 5.84. The molecule has 1 aromatic carbocycles. The van der Waals surface area contributed by atoms with Gasteiger partial charge in [0, 0.05) is 5.69 Å². The lowest BCUT2D eigenvalue weighted by Gasteiger charge is -2.35. The van der Waals surface area contributed by atoms with Crippen molar-refractivity contribution in [2.75, 3.05) is 18.9 Å². The van der Waals surface area contributed by atoms with E-state index in [0.717, 1.165) is 6.42 Å². The van der Waals surface area contributed by atoms with Crippen molar-refractivity contribution in [1.82, 2.24) is 20.9 Å². The highest BCUT2D eigenvalue weighted by molar-refractivity contribution is 6.02. The van der Waals surface area contributed by atoms with Crippen LogP contribution >= 0.6 is 0 Å². The fourth-order valence-corrected chi connectivity index (χ4v) is 3.67. The number of nitrogens with one attached hydrogen (secondary N) is 4. The Labute approximate surface area is 201 Å². The molecule has 186 valence electrons. The summed E-state index contributed by atoms with van der Waals surface area (Å²) < 4.78 is 0. The summed E-state index contributed by atoms with van der Waals surface area (Å²) in [6.07, 6.45) is 2.66. The van der Waals surface area contributed by atoms with Crippen LogP contribution in [0.25, 0.3) is 0 Å². The number of hydrogen-bond acceptors (Lipinski definition) is 6. The first-order valence-electron chi connectivity index (χ1n) is 11.6. The molecule has 0 saturated carbocycles. The van der Waals surface area contributed by atoms with Gasteiger partial charge in [0.1, 0.15) is 6.04 Å². The Morgan fingerprint density at radius 3 is 2.53 bits per heavy atom. The minimum atomic E-state index is -0.912. The van der Waals surface area contributed by atoms with Crippen LogP contribution in [0.2, 0.25) is 0 Å². The van der Waals surface area contributed by atoms with E-state index in [-0.39, 0.29) is 24.3 Å². The Kier molecular flexibility index (Phi) is 9.52. The summed E-state index contributed by atoms with van der Waals surface area (Å²) in [5, 5.41) is 11.5. The second kappa shape index (κ2) is 11.9. The molecule has 0 bridgehead atoms. The third-order valence-electron chi connectivity index (χ3n) is 5.84. The van der Waals surface area contributed by atoms with E-state index in [1.165, 1.54) is 11.0 Å². The zero-order valence-electron chi connectivity index (χ0n) is 20.7. The summed E-state index contributed by atoms with van der Waals surface area (Å²) in [7, 11) is 1.66. The second-order valence-electron chi connectivity index (χ2n) is 9.62. The molecule has 4 N–H and O–H groups in total. The van der Waals surface area contributed by atoms with E-state index >= 15 is 0 Å². The Balaban J connectivity index is 2.38. The van der Waals surface area contributed by atoms with Crippen LogP contribution in [0.1, 0.15) is 46.1 Å². The molecule has 9 nitrogen and oxygen atoms in total. The first-order valence-corrected chi connectivity index (χ1v) is 11.6. The molecule has 34 heavy (non-hydrogen) atoms. The average molecular weight is 472 g/mol. The highest BCUT2D eigenvalue weighted by atomic mass is 16.2. The molecule has 3 atom stereocenters. The van der Waals surface area contributed by atoms with Crippen LogP contribution in [0.15, 0.2) is 36.9 Å². The minimum Gasteiger partial charge on any atom is -0.342 e. The van der Waals surface area contributed by atoms with Crippen molar-refractivity contribution >= 4 is 29.3 Å². The molecule has 2 rings (SSSR count). The number of benzene rings is 1. The van der Waals surface area contributed by atoms with Crippen molar-refractivity contribution in [2.45, 2.75) is 65.2 Å². The standard InChI is InChI=1S/C25H37N5O4/c1-7-20(31)28-18-11-8-10-17(14-18)15-30(23(33)19-12-9-13-27-19)24(34)21(25(3,4)5)29-22(32)16(2)26-6/h7-8,10-11,14,16,19,21,26-27H,1,9,12-13,15H2,2-6H3,(H,28,31)(H,29,32)/t16-,19-,21+/m0/s1. The number of imide groups is 1.